The number of hydrogen-bond acceptors (Lipinski definition) is 3. The first-order valence-electron chi connectivity index (χ1n) is 7.32. The Labute approximate surface area is 150 Å². The molecule has 1 saturated heterocycles. The van der Waals surface area contributed by atoms with Crippen LogP contribution in [0.5, 0.6) is 5.75 Å². The van der Waals surface area contributed by atoms with Crippen molar-refractivity contribution in [1.29, 1.82) is 0 Å². The predicted octanol–water partition coefficient (Wildman–Crippen LogP) is 2.42. The van der Waals surface area contributed by atoms with Crippen molar-refractivity contribution in [2.24, 2.45) is 4.99 Å². The first kappa shape index (κ1) is 19.0. The summed E-state index contributed by atoms with van der Waals surface area (Å²) < 4.78 is 11.5. The Hall–Kier alpha value is -1.02. The maximum atomic E-state index is 6.10. The van der Waals surface area contributed by atoms with E-state index < -0.39 is 0 Å². The second kappa shape index (κ2) is 9.19. The molecule has 22 heavy (non-hydrogen) atoms. The molecule has 1 aromatic rings. The summed E-state index contributed by atoms with van der Waals surface area (Å²) in [4.78, 5) is 6.18. The van der Waals surface area contributed by atoms with Gasteiger partial charge in [-0.3, -0.25) is 4.99 Å². The van der Waals surface area contributed by atoms with Gasteiger partial charge in [-0.1, -0.05) is 12.1 Å². The van der Waals surface area contributed by atoms with E-state index in [0.717, 1.165) is 30.3 Å². The zero-order valence-corrected chi connectivity index (χ0v) is 16.1. The van der Waals surface area contributed by atoms with Crippen LogP contribution in [0.3, 0.4) is 0 Å². The monoisotopic (exact) mass is 419 g/mol. The second-order valence-electron chi connectivity index (χ2n) is 5.51. The smallest absolute Gasteiger partial charge is 0.193 e. The molecule has 0 radical (unpaired) electrons. The highest BCUT2D eigenvalue weighted by Crippen LogP contribution is 2.23. The van der Waals surface area contributed by atoms with Crippen LogP contribution in [0.1, 0.15) is 17.5 Å². The van der Waals surface area contributed by atoms with Crippen LogP contribution in [-0.2, 0) is 11.3 Å². The van der Waals surface area contributed by atoms with Gasteiger partial charge in [0.25, 0.3) is 0 Å². The fraction of sp³-hybridized carbons (Fsp3) is 0.562. The van der Waals surface area contributed by atoms with Crippen LogP contribution in [0, 0.1) is 6.92 Å². The molecule has 1 fully saturated rings. The van der Waals surface area contributed by atoms with Gasteiger partial charge in [0.2, 0.25) is 0 Å². The van der Waals surface area contributed by atoms with Gasteiger partial charge >= 0.3 is 0 Å². The molecule has 0 aliphatic carbocycles. The maximum Gasteiger partial charge on any atom is 0.193 e. The normalized spacial score (nSPS) is 17.8. The lowest BCUT2D eigenvalue weighted by atomic mass is 10.1. The Morgan fingerprint density at radius 1 is 1.45 bits per heavy atom. The SMILES string of the molecule is CN=C(NCc1ccc(C)cc1OC1CCOC1)N(C)C.I. The van der Waals surface area contributed by atoms with Crippen molar-refractivity contribution >= 4 is 29.9 Å². The number of aryl methyl sites for hydroxylation is 1. The van der Waals surface area contributed by atoms with E-state index in [0.29, 0.717) is 13.2 Å². The molecule has 1 aliphatic rings. The largest absolute Gasteiger partial charge is 0.488 e. The van der Waals surface area contributed by atoms with E-state index >= 15 is 0 Å². The van der Waals surface area contributed by atoms with Crippen LogP contribution in [0.25, 0.3) is 0 Å². The van der Waals surface area contributed by atoms with Crippen LogP contribution < -0.4 is 10.1 Å². The third-order valence-corrected chi connectivity index (χ3v) is 3.48. The fourth-order valence-corrected chi connectivity index (χ4v) is 2.31. The average Bonchev–Trinajstić information content (AvgIpc) is 2.94. The van der Waals surface area contributed by atoms with E-state index in [4.69, 9.17) is 9.47 Å². The summed E-state index contributed by atoms with van der Waals surface area (Å²) in [6.45, 7) is 4.24. The van der Waals surface area contributed by atoms with Gasteiger partial charge in [0.15, 0.2) is 5.96 Å². The van der Waals surface area contributed by atoms with Crippen LogP contribution >= 0.6 is 24.0 Å². The van der Waals surface area contributed by atoms with E-state index in [2.05, 4.69) is 35.4 Å². The van der Waals surface area contributed by atoms with E-state index in [9.17, 15) is 0 Å². The molecule has 1 atom stereocenters. The Kier molecular flexibility index (Phi) is 7.95. The molecule has 1 N–H and O–H groups in total. The van der Waals surface area contributed by atoms with Gasteiger partial charge in [0, 0.05) is 39.7 Å². The minimum atomic E-state index is 0. The molecule has 6 heteroatoms. The number of nitrogens with one attached hydrogen (secondary N) is 1. The molecule has 0 bridgehead atoms. The minimum Gasteiger partial charge on any atom is -0.488 e. The third kappa shape index (κ3) is 5.31. The van der Waals surface area contributed by atoms with Crippen molar-refractivity contribution in [3.63, 3.8) is 0 Å². The quantitative estimate of drug-likeness (QED) is 0.463. The number of benzene rings is 1. The van der Waals surface area contributed by atoms with Crippen molar-refractivity contribution in [3.05, 3.63) is 29.3 Å². The lowest BCUT2D eigenvalue weighted by Crippen LogP contribution is -2.35. The van der Waals surface area contributed by atoms with E-state index in [1.807, 2.05) is 19.0 Å². The number of hydrogen-bond donors (Lipinski definition) is 1. The standard InChI is InChI=1S/C16H25N3O2.HI/c1-12-5-6-13(10-18-16(17-2)19(3)4)15(9-12)21-14-7-8-20-11-14;/h5-6,9,14H,7-8,10-11H2,1-4H3,(H,17,18);1H. The van der Waals surface area contributed by atoms with Gasteiger partial charge in [0.05, 0.1) is 13.2 Å². The van der Waals surface area contributed by atoms with Gasteiger partial charge < -0.3 is 19.7 Å². The first-order chi connectivity index (χ1) is 10.1. The molecule has 0 aromatic heterocycles. The summed E-state index contributed by atoms with van der Waals surface area (Å²) in [5.41, 5.74) is 2.33. The topological polar surface area (TPSA) is 46.1 Å². The number of aliphatic imine (C=N–C) groups is 1. The van der Waals surface area contributed by atoms with Gasteiger partial charge in [-0.25, -0.2) is 0 Å². The highest BCUT2D eigenvalue weighted by atomic mass is 127. The Morgan fingerprint density at radius 3 is 2.82 bits per heavy atom. The van der Waals surface area contributed by atoms with Crippen LogP contribution in [0.2, 0.25) is 0 Å². The van der Waals surface area contributed by atoms with Crippen molar-refractivity contribution < 1.29 is 9.47 Å². The molecule has 1 aliphatic heterocycles. The molecule has 5 nitrogen and oxygen atoms in total. The van der Waals surface area contributed by atoms with Crippen molar-refractivity contribution in [2.45, 2.75) is 26.0 Å². The van der Waals surface area contributed by atoms with Gasteiger partial charge in [0.1, 0.15) is 11.9 Å². The number of guanidine groups is 1. The number of ether oxygens (including phenoxy) is 2. The maximum absolute atomic E-state index is 6.10. The molecule has 2 rings (SSSR count). The van der Waals surface area contributed by atoms with Gasteiger partial charge in [-0.05, 0) is 18.6 Å². The molecule has 1 heterocycles. The van der Waals surface area contributed by atoms with E-state index in [1.165, 1.54) is 5.56 Å². The summed E-state index contributed by atoms with van der Waals surface area (Å²) in [6, 6.07) is 6.30. The van der Waals surface area contributed by atoms with Crippen LogP contribution in [-0.4, -0.2) is 51.3 Å². The molecule has 1 unspecified atom stereocenters. The van der Waals surface area contributed by atoms with Crippen molar-refractivity contribution in [2.75, 3.05) is 34.4 Å². The first-order valence-corrected chi connectivity index (χ1v) is 7.32. The van der Waals surface area contributed by atoms with E-state index in [1.54, 1.807) is 7.05 Å². The number of halogens is 1. The van der Waals surface area contributed by atoms with Crippen molar-refractivity contribution in [3.8, 4) is 5.75 Å². The van der Waals surface area contributed by atoms with Crippen LogP contribution in [0.4, 0.5) is 0 Å². The minimum absolute atomic E-state index is 0. The summed E-state index contributed by atoms with van der Waals surface area (Å²) in [5, 5.41) is 3.33. The van der Waals surface area contributed by atoms with Gasteiger partial charge in [-0.2, -0.15) is 0 Å². The highest BCUT2D eigenvalue weighted by molar-refractivity contribution is 14.0. The number of rotatable bonds is 4. The fourth-order valence-electron chi connectivity index (χ4n) is 2.31. The Bertz CT molecular complexity index is 500. The molecule has 0 spiro atoms. The second-order valence-corrected chi connectivity index (χ2v) is 5.51. The summed E-state index contributed by atoms with van der Waals surface area (Å²) in [7, 11) is 5.72. The molecule has 0 amide bonds. The molecular formula is C16H26IN3O2. The zero-order chi connectivity index (χ0) is 15.2. The lowest BCUT2D eigenvalue weighted by molar-refractivity contribution is 0.140. The average molecular weight is 419 g/mol. The summed E-state index contributed by atoms with van der Waals surface area (Å²) >= 11 is 0. The van der Waals surface area contributed by atoms with Crippen LogP contribution in [0.15, 0.2) is 23.2 Å². The predicted molar refractivity (Wildman–Crippen MR) is 100 cm³/mol. The van der Waals surface area contributed by atoms with E-state index in [-0.39, 0.29) is 30.1 Å². The zero-order valence-electron chi connectivity index (χ0n) is 13.8. The number of nitrogens with zero attached hydrogens (tertiary/aromatic N) is 2. The molecular weight excluding hydrogens is 393 g/mol. The Morgan fingerprint density at radius 2 is 2.23 bits per heavy atom. The molecule has 1 aromatic carbocycles. The Balaban J connectivity index is 0.00000242. The van der Waals surface area contributed by atoms with Gasteiger partial charge in [-0.15, -0.1) is 24.0 Å². The third-order valence-electron chi connectivity index (χ3n) is 3.48. The lowest BCUT2D eigenvalue weighted by Gasteiger charge is -2.20. The highest BCUT2D eigenvalue weighted by Gasteiger charge is 2.18. The molecule has 0 saturated carbocycles. The molecule has 124 valence electrons. The summed E-state index contributed by atoms with van der Waals surface area (Å²) in [6.07, 6.45) is 1.12. The van der Waals surface area contributed by atoms with Crippen molar-refractivity contribution in [1.82, 2.24) is 10.2 Å². The summed E-state index contributed by atoms with van der Waals surface area (Å²) in [5.74, 6) is 1.79.